The largest absolute Gasteiger partial charge is 0.122 e. The molecule has 0 aliphatic heterocycles. The first-order valence-electron chi connectivity index (χ1n) is 7.95. The highest BCUT2D eigenvalue weighted by molar-refractivity contribution is 5.17. The molecule has 0 nitrogen and oxygen atoms in total. The summed E-state index contributed by atoms with van der Waals surface area (Å²) >= 11 is 0. The molecule has 0 aliphatic rings. The molecule has 0 rings (SSSR count). The third-order valence-corrected chi connectivity index (χ3v) is 3.05. The lowest BCUT2D eigenvalue weighted by Gasteiger charge is -1.96. The summed E-state index contributed by atoms with van der Waals surface area (Å²) in [6.45, 7) is 6.75. The molecule has 0 aromatic carbocycles. The Balaban J connectivity index is 4.06. The monoisotopic (exact) mass is 248 g/mol. The fourth-order valence-corrected chi connectivity index (χ4v) is 1.91. The van der Waals surface area contributed by atoms with Crippen molar-refractivity contribution < 1.29 is 0 Å². The van der Waals surface area contributed by atoms with Crippen molar-refractivity contribution in [1.29, 1.82) is 0 Å². The van der Waals surface area contributed by atoms with Gasteiger partial charge in [0.25, 0.3) is 0 Å². The van der Waals surface area contributed by atoms with Crippen molar-refractivity contribution in [1.82, 2.24) is 0 Å². The van der Waals surface area contributed by atoms with Crippen LogP contribution in [0.5, 0.6) is 0 Å². The zero-order valence-corrected chi connectivity index (χ0v) is 12.8. The topological polar surface area (TPSA) is 0 Å². The Kier molecular flexibility index (Phi) is 13.7. The number of allylic oxidation sites excluding steroid dienone is 3. The Labute approximate surface area is 115 Å². The lowest BCUT2D eigenvalue weighted by molar-refractivity contribution is 0.728. The van der Waals surface area contributed by atoms with Crippen molar-refractivity contribution in [2.75, 3.05) is 0 Å². The highest BCUT2D eigenvalue weighted by atomic mass is 13.9. The smallest absolute Gasteiger partial charge is 0.00670 e. The van der Waals surface area contributed by atoms with Gasteiger partial charge in [0.15, 0.2) is 0 Å². The summed E-state index contributed by atoms with van der Waals surface area (Å²) in [6.07, 6.45) is 19.6. The Morgan fingerprint density at radius 1 is 0.833 bits per heavy atom. The van der Waals surface area contributed by atoms with Crippen molar-refractivity contribution in [3.05, 3.63) is 29.5 Å². The average molecular weight is 248 g/mol. The zero-order valence-electron chi connectivity index (χ0n) is 12.8. The van der Waals surface area contributed by atoms with Crippen LogP contribution in [-0.4, -0.2) is 0 Å². The Morgan fingerprint density at radius 2 is 1.50 bits per heavy atom. The summed E-state index contributed by atoms with van der Waals surface area (Å²) in [5.41, 5.74) is 4.86. The van der Waals surface area contributed by atoms with Crippen molar-refractivity contribution in [3.63, 3.8) is 0 Å². The van der Waals surface area contributed by atoms with E-state index < -0.39 is 0 Å². The Morgan fingerprint density at radius 3 is 2.11 bits per heavy atom. The highest BCUT2D eigenvalue weighted by Crippen LogP contribution is 2.08. The summed E-state index contributed by atoms with van der Waals surface area (Å²) in [5.74, 6) is 0. The normalized spacial score (nSPS) is 10.6. The van der Waals surface area contributed by atoms with E-state index in [1.807, 2.05) is 0 Å². The van der Waals surface area contributed by atoms with Gasteiger partial charge in [-0.05, 0) is 43.8 Å². The van der Waals surface area contributed by atoms with Crippen molar-refractivity contribution in [2.45, 2.75) is 85.0 Å². The van der Waals surface area contributed by atoms with Crippen LogP contribution in [0.3, 0.4) is 0 Å². The zero-order chi connectivity index (χ0) is 13.5. The summed E-state index contributed by atoms with van der Waals surface area (Å²) in [7, 11) is 0. The molecule has 0 aliphatic carbocycles. The molecule has 0 bridgehead atoms. The molecule has 0 atom stereocenters. The van der Waals surface area contributed by atoms with Crippen LogP contribution in [0.15, 0.2) is 29.5 Å². The minimum atomic E-state index is 1.16. The van der Waals surface area contributed by atoms with Crippen LogP contribution in [0.25, 0.3) is 0 Å². The first-order valence-corrected chi connectivity index (χ1v) is 7.95. The summed E-state index contributed by atoms with van der Waals surface area (Å²) in [5, 5.41) is 0. The summed E-state index contributed by atoms with van der Waals surface area (Å²) < 4.78 is 0. The predicted octanol–water partition coefficient (Wildman–Crippen LogP) is 6.58. The van der Waals surface area contributed by atoms with E-state index in [0.29, 0.717) is 0 Å². The second-order valence-electron chi connectivity index (χ2n) is 5.02. The van der Waals surface area contributed by atoms with Crippen LogP contribution < -0.4 is 0 Å². The van der Waals surface area contributed by atoms with Crippen molar-refractivity contribution >= 4 is 0 Å². The van der Waals surface area contributed by atoms with Crippen molar-refractivity contribution in [2.24, 2.45) is 0 Å². The van der Waals surface area contributed by atoms with E-state index >= 15 is 0 Å². The van der Waals surface area contributed by atoms with Crippen LogP contribution in [0.2, 0.25) is 0 Å². The van der Waals surface area contributed by atoms with E-state index in [9.17, 15) is 0 Å². The molecule has 0 saturated carbocycles. The SMILES string of the molecule is CCCCCC=C=C(/C=C/CCCCC)CCC. The number of unbranched alkanes of at least 4 members (excludes halogenated alkanes) is 6. The second-order valence-corrected chi connectivity index (χ2v) is 5.02. The maximum Gasteiger partial charge on any atom is -0.00670 e. The molecule has 0 unspecified atom stereocenters. The van der Waals surface area contributed by atoms with Crippen molar-refractivity contribution in [3.8, 4) is 0 Å². The molecular weight excluding hydrogens is 216 g/mol. The van der Waals surface area contributed by atoms with E-state index in [0.717, 1.165) is 6.42 Å². The fraction of sp³-hybridized carbons (Fsp3) is 0.722. The first kappa shape index (κ1) is 17.3. The maximum absolute atomic E-state index is 3.48. The van der Waals surface area contributed by atoms with Gasteiger partial charge in [-0.25, -0.2) is 0 Å². The number of rotatable bonds is 11. The van der Waals surface area contributed by atoms with Gasteiger partial charge < -0.3 is 0 Å². The van der Waals surface area contributed by atoms with Gasteiger partial charge in [-0.1, -0.05) is 65.0 Å². The van der Waals surface area contributed by atoms with Crippen LogP contribution >= 0.6 is 0 Å². The first-order chi connectivity index (χ1) is 8.85. The van der Waals surface area contributed by atoms with Gasteiger partial charge in [0.1, 0.15) is 0 Å². The average Bonchev–Trinajstić information content (AvgIpc) is 2.38. The van der Waals surface area contributed by atoms with Gasteiger partial charge in [-0.2, -0.15) is 0 Å². The molecule has 0 aromatic rings. The molecule has 0 fully saturated rings. The molecule has 0 saturated heterocycles. The molecule has 0 spiro atoms. The molecule has 104 valence electrons. The molecule has 0 heterocycles. The predicted molar refractivity (Wildman–Crippen MR) is 83.9 cm³/mol. The maximum atomic E-state index is 3.48. The Bertz CT molecular complexity index is 251. The summed E-state index contributed by atoms with van der Waals surface area (Å²) in [4.78, 5) is 0. The minimum Gasteiger partial charge on any atom is -0.122 e. The van der Waals surface area contributed by atoms with E-state index in [2.05, 4.69) is 44.7 Å². The van der Waals surface area contributed by atoms with E-state index in [1.165, 1.54) is 63.4 Å². The molecule has 0 amide bonds. The van der Waals surface area contributed by atoms with Crippen LogP contribution in [-0.2, 0) is 0 Å². The van der Waals surface area contributed by atoms with Gasteiger partial charge in [0.2, 0.25) is 0 Å². The number of hydrogen-bond acceptors (Lipinski definition) is 0. The van der Waals surface area contributed by atoms with Gasteiger partial charge in [-0.3, -0.25) is 0 Å². The van der Waals surface area contributed by atoms with Crippen LogP contribution in [0.1, 0.15) is 85.0 Å². The molecule has 0 radical (unpaired) electrons. The standard InChI is InChI=1S/C18H32/c1-4-7-9-11-13-16-18(15-6-3)17-14-12-10-8-5-2/h13-14,16H,4-12,15H2,1-3H3/b16-13+. The van der Waals surface area contributed by atoms with Gasteiger partial charge in [0, 0.05) is 0 Å². The van der Waals surface area contributed by atoms with E-state index in [4.69, 9.17) is 0 Å². The molecule has 18 heavy (non-hydrogen) atoms. The molecule has 0 heteroatoms. The number of hydrogen-bond donors (Lipinski definition) is 0. The van der Waals surface area contributed by atoms with E-state index in [1.54, 1.807) is 0 Å². The van der Waals surface area contributed by atoms with Gasteiger partial charge in [-0.15, -0.1) is 5.73 Å². The second kappa shape index (κ2) is 14.3. The van der Waals surface area contributed by atoms with Crippen LogP contribution in [0.4, 0.5) is 0 Å². The van der Waals surface area contributed by atoms with Gasteiger partial charge >= 0.3 is 0 Å². The third-order valence-electron chi connectivity index (χ3n) is 3.05. The Hall–Kier alpha value is -0.740. The lowest BCUT2D eigenvalue weighted by atomic mass is 10.1. The third kappa shape index (κ3) is 11.7. The highest BCUT2D eigenvalue weighted by Gasteiger charge is 1.89. The molecule has 0 aromatic heterocycles. The molecule has 0 N–H and O–H groups in total. The summed E-state index contributed by atoms with van der Waals surface area (Å²) in [6, 6.07) is 0. The van der Waals surface area contributed by atoms with Crippen LogP contribution in [0, 0.1) is 0 Å². The minimum absolute atomic E-state index is 1.16. The quantitative estimate of drug-likeness (QED) is 0.220. The fourth-order valence-electron chi connectivity index (χ4n) is 1.91. The molecular formula is C18H32. The lowest BCUT2D eigenvalue weighted by Crippen LogP contribution is -1.77. The van der Waals surface area contributed by atoms with Gasteiger partial charge in [0.05, 0.1) is 0 Å². The van der Waals surface area contributed by atoms with E-state index in [-0.39, 0.29) is 0 Å².